The third kappa shape index (κ3) is 1.78. The van der Waals surface area contributed by atoms with E-state index in [4.69, 9.17) is 5.21 Å². The van der Waals surface area contributed by atoms with Gasteiger partial charge in [-0.05, 0) is 23.9 Å². The highest BCUT2D eigenvalue weighted by atomic mass is 32.1. The molecule has 0 unspecified atom stereocenters. The molecule has 3 heteroatoms. The fourth-order valence-electron chi connectivity index (χ4n) is 0.661. The summed E-state index contributed by atoms with van der Waals surface area (Å²) in [7, 11) is 0. The zero-order valence-corrected chi connectivity index (χ0v) is 6.03. The third-order valence-electron chi connectivity index (χ3n) is 1.04. The molecule has 0 atom stereocenters. The fourth-order valence-corrected chi connectivity index (χ4v) is 1.47. The van der Waals surface area contributed by atoms with Crippen molar-refractivity contribution in [3.05, 3.63) is 21.9 Å². The molecule has 0 amide bonds. The maximum Gasteiger partial charge on any atom is 0.0552 e. The number of nitrogens with one attached hydrogen (secondary N) is 1. The van der Waals surface area contributed by atoms with Gasteiger partial charge in [-0.3, -0.25) is 0 Å². The average molecular weight is 143 g/mol. The van der Waals surface area contributed by atoms with Gasteiger partial charge in [-0.2, -0.15) is 0 Å². The van der Waals surface area contributed by atoms with Gasteiger partial charge in [-0.25, -0.2) is 5.48 Å². The molecule has 1 heterocycles. The highest BCUT2D eigenvalue weighted by Crippen LogP contribution is 2.12. The minimum absolute atomic E-state index is 0.554. The van der Waals surface area contributed by atoms with E-state index in [0.29, 0.717) is 6.54 Å². The molecule has 2 N–H and O–H groups in total. The normalized spacial score (nSPS) is 10.0. The molecular weight excluding hydrogens is 134 g/mol. The predicted molar refractivity (Wildman–Crippen MR) is 37.7 cm³/mol. The summed E-state index contributed by atoms with van der Waals surface area (Å²) in [5.74, 6) is 0. The molecular formula is C6H9NOS. The van der Waals surface area contributed by atoms with E-state index in [-0.39, 0.29) is 0 Å². The van der Waals surface area contributed by atoms with Crippen LogP contribution in [0.5, 0.6) is 0 Å². The van der Waals surface area contributed by atoms with Crippen LogP contribution in [0.3, 0.4) is 0 Å². The third-order valence-corrected chi connectivity index (χ3v) is 2.09. The second-order valence-electron chi connectivity index (χ2n) is 1.93. The summed E-state index contributed by atoms with van der Waals surface area (Å²) in [6.45, 7) is 2.59. The van der Waals surface area contributed by atoms with Crippen molar-refractivity contribution in [1.82, 2.24) is 5.48 Å². The van der Waals surface area contributed by atoms with E-state index < -0.39 is 0 Å². The van der Waals surface area contributed by atoms with Crippen molar-refractivity contribution in [2.75, 3.05) is 0 Å². The van der Waals surface area contributed by atoms with Gasteiger partial charge in [0.1, 0.15) is 0 Å². The standard InChI is InChI=1S/C6H9NOS/c1-5-2-6(3-7-8)9-4-5/h2,4,7-8H,3H2,1H3. The molecule has 0 bridgehead atoms. The Morgan fingerprint density at radius 2 is 2.56 bits per heavy atom. The van der Waals surface area contributed by atoms with E-state index in [2.05, 4.69) is 10.9 Å². The quantitative estimate of drug-likeness (QED) is 0.615. The molecule has 50 valence electrons. The Bertz CT molecular complexity index is 185. The van der Waals surface area contributed by atoms with Gasteiger partial charge in [-0.15, -0.1) is 11.3 Å². The molecule has 1 aromatic rings. The minimum atomic E-state index is 0.554. The summed E-state index contributed by atoms with van der Waals surface area (Å²) in [5.41, 5.74) is 3.36. The van der Waals surface area contributed by atoms with Crippen LogP contribution in [-0.2, 0) is 6.54 Å². The van der Waals surface area contributed by atoms with Crippen LogP contribution >= 0.6 is 11.3 Å². The van der Waals surface area contributed by atoms with Crippen LogP contribution in [0.4, 0.5) is 0 Å². The molecule has 0 aliphatic heterocycles. The van der Waals surface area contributed by atoms with E-state index >= 15 is 0 Å². The molecule has 9 heavy (non-hydrogen) atoms. The van der Waals surface area contributed by atoms with E-state index in [1.807, 2.05) is 13.0 Å². The molecule has 0 radical (unpaired) electrons. The van der Waals surface area contributed by atoms with Gasteiger partial charge in [0.2, 0.25) is 0 Å². The van der Waals surface area contributed by atoms with Crippen molar-refractivity contribution >= 4 is 11.3 Å². The monoisotopic (exact) mass is 143 g/mol. The second-order valence-corrected chi connectivity index (χ2v) is 2.92. The largest absolute Gasteiger partial charge is 0.316 e. The van der Waals surface area contributed by atoms with Gasteiger partial charge in [0.05, 0.1) is 6.54 Å². The first-order chi connectivity index (χ1) is 4.33. The van der Waals surface area contributed by atoms with Gasteiger partial charge in [0.15, 0.2) is 0 Å². The van der Waals surface area contributed by atoms with Crippen molar-refractivity contribution in [2.24, 2.45) is 0 Å². The lowest BCUT2D eigenvalue weighted by atomic mass is 10.3. The van der Waals surface area contributed by atoms with E-state index in [1.165, 1.54) is 5.56 Å². The zero-order chi connectivity index (χ0) is 6.69. The molecule has 1 rings (SSSR count). The van der Waals surface area contributed by atoms with E-state index in [9.17, 15) is 0 Å². The van der Waals surface area contributed by atoms with E-state index in [1.54, 1.807) is 11.3 Å². The Hall–Kier alpha value is -0.380. The van der Waals surface area contributed by atoms with Crippen molar-refractivity contribution in [2.45, 2.75) is 13.5 Å². The Morgan fingerprint density at radius 1 is 1.78 bits per heavy atom. The van der Waals surface area contributed by atoms with Crippen LogP contribution in [0.25, 0.3) is 0 Å². The van der Waals surface area contributed by atoms with E-state index in [0.717, 1.165) is 4.88 Å². The molecule has 0 spiro atoms. The van der Waals surface area contributed by atoms with Crippen LogP contribution in [0.2, 0.25) is 0 Å². The molecule has 0 aliphatic carbocycles. The first-order valence-corrected chi connectivity index (χ1v) is 3.62. The molecule has 0 aliphatic rings. The summed E-state index contributed by atoms with van der Waals surface area (Å²) >= 11 is 1.65. The van der Waals surface area contributed by atoms with Gasteiger partial charge < -0.3 is 5.21 Å². The van der Waals surface area contributed by atoms with Crippen molar-refractivity contribution in [3.63, 3.8) is 0 Å². The Kier molecular flexibility index (Phi) is 2.22. The summed E-state index contributed by atoms with van der Waals surface area (Å²) in [5, 5.41) is 10.3. The smallest absolute Gasteiger partial charge is 0.0552 e. The highest BCUT2D eigenvalue weighted by Gasteiger charge is 1.92. The van der Waals surface area contributed by atoms with Gasteiger partial charge >= 0.3 is 0 Å². The van der Waals surface area contributed by atoms with Crippen molar-refractivity contribution in [3.8, 4) is 0 Å². The number of hydroxylamine groups is 1. The Morgan fingerprint density at radius 3 is 3.00 bits per heavy atom. The van der Waals surface area contributed by atoms with Crippen LogP contribution < -0.4 is 5.48 Å². The van der Waals surface area contributed by atoms with Gasteiger partial charge in [-0.1, -0.05) is 0 Å². The lowest BCUT2D eigenvalue weighted by molar-refractivity contribution is 0.162. The zero-order valence-electron chi connectivity index (χ0n) is 5.22. The maximum atomic E-state index is 8.29. The topological polar surface area (TPSA) is 32.3 Å². The molecule has 1 aromatic heterocycles. The van der Waals surface area contributed by atoms with Crippen LogP contribution in [0.15, 0.2) is 11.4 Å². The predicted octanol–water partition coefficient (Wildman–Crippen LogP) is 1.54. The molecule has 0 saturated carbocycles. The van der Waals surface area contributed by atoms with Crippen molar-refractivity contribution < 1.29 is 5.21 Å². The number of rotatable bonds is 2. The van der Waals surface area contributed by atoms with Crippen LogP contribution in [0.1, 0.15) is 10.4 Å². The summed E-state index contributed by atoms with van der Waals surface area (Å²) < 4.78 is 0. The molecule has 0 saturated heterocycles. The molecule has 0 fully saturated rings. The number of aryl methyl sites for hydroxylation is 1. The van der Waals surface area contributed by atoms with Crippen molar-refractivity contribution in [1.29, 1.82) is 0 Å². The first-order valence-electron chi connectivity index (χ1n) is 2.74. The molecule has 0 aromatic carbocycles. The average Bonchev–Trinajstić information content (AvgIpc) is 2.17. The van der Waals surface area contributed by atoms with Gasteiger partial charge in [0, 0.05) is 4.88 Å². The number of thiophene rings is 1. The summed E-state index contributed by atoms with van der Waals surface area (Å²) in [6.07, 6.45) is 0. The number of hydrogen-bond donors (Lipinski definition) is 2. The van der Waals surface area contributed by atoms with Crippen LogP contribution in [-0.4, -0.2) is 5.21 Å². The Balaban J connectivity index is 2.61. The lowest BCUT2D eigenvalue weighted by Gasteiger charge is -1.88. The summed E-state index contributed by atoms with van der Waals surface area (Å²) in [4.78, 5) is 1.16. The highest BCUT2D eigenvalue weighted by molar-refractivity contribution is 7.10. The summed E-state index contributed by atoms with van der Waals surface area (Å²) in [6, 6.07) is 2.05. The SMILES string of the molecule is Cc1csc(CNO)c1. The maximum absolute atomic E-state index is 8.29. The molecule has 2 nitrogen and oxygen atoms in total. The number of hydrogen-bond acceptors (Lipinski definition) is 3. The fraction of sp³-hybridized carbons (Fsp3) is 0.333. The minimum Gasteiger partial charge on any atom is -0.316 e. The first kappa shape index (κ1) is 6.74. The van der Waals surface area contributed by atoms with Gasteiger partial charge in [0.25, 0.3) is 0 Å². The Labute approximate surface area is 58.1 Å². The lowest BCUT2D eigenvalue weighted by Crippen LogP contribution is -2.03. The second kappa shape index (κ2) is 2.96. The van der Waals surface area contributed by atoms with Crippen LogP contribution in [0, 0.1) is 6.92 Å².